The molecular weight excluding hydrogens is 348 g/mol. The number of halogens is 2. The molecule has 1 saturated heterocycles. The summed E-state index contributed by atoms with van der Waals surface area (Å²) in [5.41, 5.74) is 0. The van der Waals surface area contributed by atoms with Gasteiger partial charge in [-0.1, -0.05) is 15.9 Å². The smallest absolute Gasteiger partial charge is 0.239 e. The number of benzene rings is 1. The molecule has 0 aromatic heterocycles. The molecule has 0 saturated carbocycles. The third kappa shape index (κ3) is 5.66. The molecule has 2 N–H and O–H groups in total. The van der Waals surface area contributed by atoms with E-state index in [4.69, 9.17) is 9.47 Å². The molecule has 1 atom stereocenters. The lowest BCUT2D eigenvalue weighted by atomic mass is 10.2. The Morgan fingerprint density at radius 2 is 2.20 bits per heavy atom. The van der Waals surface area contributed by atoms with Crippen LogP contribution in [0, 0.1) is 0 Å². The van der Waals surface area contributed by atoms with Gasteiger partial charge in [0.1, 0.15) is 18.4 Å². The Hall–Kier alpha value is -0.820. The summed E-state index contributed by atoms with van der Waals surface area (Å²) in [6.45, 7) is 2.73. The van der Waals surface area contributed by atoms with Crippen molar-refractivity contribution in [1.82, 2.24) is 10.6 Å². The summed E-state index contributed by atoms with van der Waals surface area (Å²) in [6.07, 6.45) is 0. The van der Waals surface area contributed by atoms with Crippen molar-refractivity contribution in [3.8, 4) is 5.75 Å². The highest BCUT2D eigenvalue weighted by molar-refractivity contribution is 9.10. The number of morpholine rings is 1. The molecule has 1 fully saturated rings. The van der Waals surface area contributed by atoms with Crippen molar-refractivity contribution in [2.75, 3.05) is 32.9 Å². The zero-order chi connectivity index (χ0) is 13.5. The van der Waals surface area contributed by atoms with Crippen LogP contribution in [-0.2, 0) is 9.53 Å². The standard InChI is InChI=1S/C13H17BrN2O3.ClH/c14-10-1-3-11(4-2-10)19-8-6-16-13(17)12-9-18-7-5-15-12;/h1-4,12,15H,5-9H2,(H,16,17);1H. The van der Waals surface area contributed by atoms with Crippen LogP contribution in [0.4, 0.5) is 0 Å². The van der Waals surface area contributed by atoms with Crippen molar-refractivity contribution in [2.45, 2.75) is 6.04 Å². The molecule has 2 rings (SSSR count). The van der Waals surface area contributed by atoms with Crippen LogP contribution in [0.25, 0.3) is 0 Å². The van der Waals surface area contributed by atoms with E-state index in [2.05, 4.69) is 26.6 Å². The SMILES string of the molecule is Cl.O=C(NCCOc1ccc(Br)cc1)C1COCCN1. The quantitative estimate of drug-likeness (QED) is 0.774. The molecule has 1 aliphatic rings. The monoisotopic (exact) mass is 364 g/mol. The van der Waals surface area contributed by atoms with Crippen LogP contribution in [0.15, 0.2) is 28.7 Å². The highest BCUT2D eigenvalue weighted by Crippen LogP contribution is 2.15. The van der Waals surface area contributed by atoms with Crippen molar-refractivity contribution in [1.29, 1.82) is 0 Å². The number of ether oxygens (including phenoxy) is 2. The minimum atomic E-state index is -0.249. The number of amides is 1. The van der Waals surface area contributed by atoms with E-state index in [1.807, 2.05) is 24.3 Å². The summed E-state index contributed by atoms with van der Waals surface area (Å²) in [5, 5.41) is 5.92. The Labute approximate surface area is 132 Å². The number of nitrogens with one attached hydrogen (secondary N) is 2. The first-order valence-corrected chi connectivity index (χ1v) is 7.02. The second-order valence-corrected chi connectivity index (χ2v) is 5.09. The predicted octanol–water partition coefficient (Wildman–Crippen LogP) is 1.35. The number of carbonyl (C=O) groups excluding carboxylic acids is 1. The molecule has 1 unspecified atom stereocenters. The van der Waals surface area contributed by atoms with Gasteiger partial charge in [0.25, 0.3) is 0 Å². The maximum absolute atomic E-state index is 11.7. The van der Waals surface area contributed by atoms with Crippen LogP contribution >= 0.6 is 28.3 Å². The predicted molar refractivity (Wildman–Crippen MR) is 82.5 cm³/mol. The third-order valence-electron chi connectivity index (χ3n) is 2.72. The first-order valence-electron chi connectivity index (χ1n) is 6.23. The molecular formula is C13H18BrClN2O3. The molecule has 7 heteroatoms. The molecule has 5 nitrogen and oxygen atoms in total. The van der Waals surface area contributed by atoms with Crippen molar-refractivity contribution < 1.29 is 14.3 Å². The zero-order valence-corrected chi connectivity index (χ0v) is 13.3. The Morgan fingerprint density at radius 1 is 1.45 bits per heavy atom. The summed E-state index contributed by atoms with van der Waals surface area (Å²) in [5.74, 6) is 0.746. The van der Waals surface area contributed by atoms with Crippen molar-refractivity contribution in [2.24, 2.45) is 0 Å². The summed E-state index contributed by atoms with van der Waals surface area (Å²) < 4.78 is 11.8. The normalized spacial score (nSPS) is 17.9. The lowest BCUT2D eigenvalue weighted by molar-refractivity contribution is -0.126. The fourth-order valence-electron chi connectivity index (χ4n) is 1.73. The van der Waals surface area contributed by atoms with Gasteiger partial charge in [0.15, 0.2) is 0 Å². The first-order chi connectivity index (χ1) is 9.25. The van der Waals surface area contributed by atoms with E-state index in [0.29, 0.717) is 32.9 Å². The fourth-order valence-corrected chi connectivity index (χ4v) is 2.00. The van der Waals surface area contributed by atoms with Gasteiger partial charge in [0, 0.05) is 11.0 Å². The maximum Gasteiger partial charge on any atom is 0.239 e. The van der Waals surface area contributed by atoms with Crippen LogP contribution < -0.4 is 15.4 Å². The number of hydrogen-bond acceptors (Lipinski definition) is 4. The Morgan fingerprint density at radius 3 is 2.85 bits per heavy atom. The van der Waals surface area contributed by atoms with E-state index < -0.39 is 0 Å². The van der Waals surface area contributed by atoms with Crippen molar-refractivity contribution in [3.05, 3.63) is 28.7 Å². The van der Waals surface area contributed by atoms with Gasteiger partial charge < -0.3 is 20.1 Å². The molecule has 112 valence electrons. The topological polar surface area (TPSA) is 59.6 Å². The van der Waals surface area contributed by atoms with Gasteiger partial charge in [0.05, 0.1) is 19.8 Å². The average molecular weight is 366 g/mol. The van der Waals surface area contributed by atoms with Gasteiger partial charge in [-0.25, -0.2) is 0 Å². The highest BCUT2D eigenvalue weighted by Gasteiger charge is 2.20. The second kappa shape index (κ2) is 9.18. The van der Waals surface area contributed by atoms with Crippen molar-refractivity contribution >= 4 is 34.2 Å². The molecule has 1 aromatic rings. The highest BCUT2D eigenvalue weighted by atomic mass is 79.9. The van der Waals surface area contributed by atoms with Gasteiger partial charge in [0.2, 0.25) is 5.91 Å². The Balaban J connectivity index is 0.00000200. The molecule has 0 spiro atoms. The van der Waals surface area contributed by atoms with Gasteiger partial charge in [-0.05, 0) is 24.3 Å². The summed E-state index contributed by atoms with van der Waals surface area (Å²) in [7, 11) is 0. The molecule has 0 bridgehead atoms. The molecule has 1 aromatic carbocycles. The summed E-state index contributed by atoms with van der Waals surface area (Å²) in [6, 6.07) is 7.33. The third-order valence-corrected chi connectivity index (χ3v) is 3.25. The van der Waals surface area contributed by atoms with Crippen LogP contribution in [-0.4, -0.2) is 44.9 Å². The molecule has 1 heterocycles. The number of rotatable bonds is 5. The molecule has 1 aliphatic heterocycles. The zero-order valence-electron chi connectivity index (χ0n) is 10.9. The minimum absolute atomic E-state index is 0. The number of carbonyl (C=O) groups is 1. The van der Waals surface area contributed by atoms with Crippen LogP contribution in [0.1, 0.15) is 0 Å². The minimum Gasteiger partial charge on any atom is -0.492 e. The van der Waals surface area contributed by atoms with Gasteiger partial charge in [-0.2, -0.15) is 0 Å². The van der Waals surface area contributed by atoms with Gasteiger partial charge >= 0.3 is 0 Å². The maximum atomic E-state index is 11.7. The van der Waals surface area contributed by atoms with E-state index in [1.165, 1.54) is 0 Å². The average Bonchev–Trinajstić information content (AvgIpc) is 2.46. The molecule has 0 radical (unpaired) electrons. The Kier molecular flexibility index (Phi) is 7.91. The number of hydrogen-bond donors (Lipinski definition) is 2. The lowest BCUT2D eigenvalue weighted by Crippen LogP contribution is -2.51. The van der Waals surface area contributed by atoms with E-state index in [9.17, 15) is 4.79 Å². The van der Waals surface area contributed by atoms with Crippen molar-refractivity contribution in [3.63, 3.8) is 0 Å². The summed E-state index contributed by atoms with van der Waals surface area (Å²) >= 11 is 3.36. The van der Waals surface area contributed by atoms with E-state index >= 15 is 0 Å². The van der Waals surface area contributed by atoms with E-state index in [-0.39, 0.29) is 24.4 Å². The molecule has 1 amide bonds. The van der Waals surface area contributed by atoms with E-state index in [0.717, 1.165) is 10.2 Å². The Bertz CT molecular complexity index is 411. The lowest BCUT2D eigenvalue weighted by Gasteiger charge is -2.22. The van der Waals surface area contributed by atoms with Gasteiger partial charge in [-0.3, -0.25) is 4.79 Å². The largest absolute Gasteiger partial charge is 0.492 e. The molecule has 0 aliphatic carbocycles. The van der Waals surface area contributed by atoms with Crippen LogP contribution in [0.2, 0.25) is 0 Å². The van der Waals surface area contributed by atoms with Gasteiger partial charge in [-0.15, -0.1) is 12.4 Å². The van der Waals surface area contributed by atoms with Crippen LogP contribution in [0.5, 0.6) is 5.75 Å². The van der Waals surface area contributed by atoms with E-state index in [1.54, 1.807) is 0 Å². The second-order valence-electron chi connectivity index (χ2n) is 4.18. The first kappa shape index (κ1) is 17.2. The summed E-state index contributed by atoms with van der Waals surface area (Å²) in [4.78, 5) is 11.7. The molecule has 20 heavy (non-hydrogen) atoms. The fraction of sp³-hybridized carbons (Fsp3) is 0.462. The van der Waals surface area contributed by atoms with Crippen LogP contribution in [0.3, 0.4) is 0 Å².